The van der Waals surface area contributed by atoms with Crippen molar-refractivity contribution in [1.29, 1.82) is 0 Å². The van der Waals surface area contributed by atoms with Gasteiger partial charge in [-0.15, -0.1) is 11.8 Å². The van der Waals surface area contributed by atoms with Crippen LogP contribution in [0.1, 0.15) is 18.9 Å². The van der Waals surface area contributed by atoms with E-state index in [9.17, 15) is 4.79 Å². The molecule has 4 heteroatoms. The van der Waals surface area contributed by atoms with Gasteiger partial charge in [0, 0.05) is 10.6 Å². The minimum atomic E-state index is -0.484. The molecule has 0 heterocycles. The van der Waals surface area contributed by atoms with E-state index in [2.05, 4.69) is 36.5 Å². The minimum absolute atomic E-state index is 0.131. The van der Waals surface area contributed by atoms with Gasteiger partial charge in [-0.2, -0.15) is 0 Å². The van der Waals surface area contributed by atoms with Crippen LogP contribution in [0.3, 0.4) is 0 Å². The van der Waals surface area contributed by atoms with Gasteiger partial charge in [0.05, 0.1) is 6.04 Å². The number of benzene rings is 2. The molecular weight excluding hydrogens is 292 g/mol. The number of anilines is 1. The molecule has 1 amide bonds. The summed E-state index contributed by atoms with van der Waals surface area (Å²) in [7, 11) is 0. The summed E-state index contributed by atoms with van der Waals surface area (Å²) in [5.74, 6) is 0.697. The summed E-state index contributed by atoms with van der Waals surface area (Å²) in [4.78, 5) is 13.2. The topological polar surface area (TPSA) is 55.1 Å². The molecular formula is C18H22N2OS. The van der Waals surface area contributed by atoms with Gasteiger partial charge in [0.2, 0.25) is 5.91 Å². The summed E-state index contributed by atoms with van der Waals surface area (Å²) in [6, 6.07) is 17.4. The van der Waals surface area contributed by atoms with E-state index < -0.39 is 6.04 Å². The van der Waals surface area contributed by atoms with Crippen molar-refractivity contribution in [3.8, 4) is 0 Å². The maximum absolute atomic E-state index is 12.0. The van der Waals surface area contributed by atoms with Crippen molar-refractivity contribution in [3.05, 3.63) is 60.2 Å². The van der Waals surface area contributed by atoms with Gasteiger partial charge in [0.25, 0.3) is 0 Å². The molecule has 0 aromatic heterocycles. The van der Waals surface area contributed by atoms with E-state index in [1.807, 2.05) is 30.3 Å². The highest BCUT2D eigenvalue weighted by atomic mass is 32.2. The van der Waals surface area contributed by atoms with E-state index in [0.717, 1.165) is 17.9 Å². The molecule has 0 aliphatic heterocycles. The smallest absolute Gasteiger partial charge is 0.241 e. The zero-order chi connectivity index (χ0) is 15.8. The lowest BCUT2D eigenvalue weighted by atomic mass is 10.2. The standard InChI is InChI=1S/C18H22N2OS/c1-2-14-8-10-16(11-9-14)22-13-12-17(19)18(21)20-15-6-4-3-5-7-15/h3-11,17H,2,12-13,19H2,1H3,(H,20,21). The van der Waals surface area contributed by atoms with E-state index in [4.69, 9.17) is 5.73 Å². The summed E-state index contributed by atoms with van der Waals surface area (Å²) >= 11 is 1.73. The molecule has 0 spiro atoms. The first-order chi connectivity index (χ1) is 10.7. The fourth-order valence-electron chi connectivity index (χ4n) is 2.01. The number of carbonyl (C=O) groups is 1. The summed E-state index contributed by atoms with van der Waals surface area (Å²) < 4.78 is 0. The Hall–Kier alpha value is -1.78. The SMILES string of the molecule is CCc1ccc(SCCC(N)C(=O)Nc2ccccc2)cc1. The number of thioether (sulfide) groups is 1. The Kier molecular flexibility index (Phi) is 6.49. The molecule has 0 bridgehead atoms. The maximum Gasteiger partial charge on any atom is 0.241 e. The van der Waals surface area contributed by atoms with Crippen molar-refractivity contribution >= 4 is 23.4 Å². The summed E-state index contributed by atoms with van der Waals surface area (Å²) in [5.41, 5.74) is 8.07. The third-order valence-electron chi connectivity index (χ3n) is 3.41. The van der Waals surface area contributed by atoms with Gasteiger partial charge in [0.1, 0.15) is 0 Å². The predicted octanol–water partition coefficient (Wildman–Crippen LogP) is 3.70. The van der Waals surface area contributed by atoms with Crippen LogP contribution in [0.25, 0.3) is 0 Å². The number of carbonyl (C=O) groups excluding carboxylic acids is 1. The molecule has 0 aliphatic rings. The van der Waals surface area contributed by atoms with E-state index >= 15 is 0 Å². The zero-order valence-corrected chi connectivity index (χ0v) is 13.6. The van der Waals surface area contributed by atoms with Crippen molar-refractivity contribution < 1.29 is 4.79 Å². The first kappa shape index (κ1) is 16.6. The average molecular weight is 314 g/mol. The first-order valence-electron chi connectivity index (χ1n) is 7.52. The Morgan fingerprint density at radius 3 is 2.45 bits per heavy atom. The van der Waals surface area contributed by atoms with Gasteiger partial charge in [-0.3, -0.25) is 4.79 Å². The number of amides is 1. The van der Waals surface area contributed by atoms with Crippen molar-refractivity contribution in [2.45, 2.75) is 30.7 Å². The minimum Gasteiger partial charge on any atom is -0.325 e. The Balaban J connectivity index is 1.74. The third-order valence-corrected chi connectivity index (χ3v) is 4.45. The number of para-hydroxylation sites is 1. The molecule has 1 atom stereocenters. The molecule has 0 aliphatic carbocycles. The predicted molar refractivity (Wildman–Crippen MR) is 94.2 cm³/mol. The monoisotopic (exact) mass is 314 g/mol. The van der Waals surface area contributed by atoms with Crippen LogP contribution in [0.4, 0.5) is 5.69 Å². The second kappa shape index (κ2) is 8.61. The first-order valence-corrected chi connectivity index (χ1v) is 8.51. The molecule has 0 saturated heterocycles. The maximum atomic E-state index is 12.0. The Labute approximate surface area is 136 Å². The zero-order valence-electron chi connectivity index (χ0n) is 12.8. The van der Waals surface area contributed by atoms with Crippen LogP contribution >= 0.6 is 11.8 Å². The number of aryl methyl sites for hydroxylation is 1. The van der Waals surface area contributed by atoms with Crippen LogP contribution in [0.15, 0.2) is 59.5 Å². The van der Waals surface area contributed by atoms with Crippen LogP contribution in [0, 0.1) is 0 Å². The molecule has 0 saturated carbocycles. The van der Waals surface area contributed by atoms with Crippen molar-refractivity contribution in [3.63, 3.8) is 0 Å². The molecule has 1 unspecified atom stereocenters. The largest absolute Gasteiger partial charge is 0.325 e. The lowest BCUT2D eigenvalue weighted by Gasteiger charge is -2.12. The molecule has 116 valence electrons. The van der Waals surface area contributed by atoms with Crippen LogP contribution in [0.5, 0.6) is 0 Å². The molecule has 3 N–H and O–H groups in total. The van der Waals surface area contributed by atoms with Gasteiger partial charge in [0.15, 0.2) is 0 Å². The number of nitrogens with one attached hydrogen (secondary N) is 1. The van der Waals surface area contributed by atoms with Gasteiger partial charge in [-0.25, -0.2) is 0 Å². The molecule has 0 fully saturated rings. The van der Waals surface area contributed by atoms with Crippen molar-refractivity contribution in [2.75, 3.05) is 11.1 Å². The lowest BCUT2D eigenvalue weighted by molar-refractivity contribution is -0.117. The van der Waals surface area contributed by atoms with Crippen LogP contribution in [0.2, 0.25) is 0 Å². The number of hydrogen-bond acceptors (Lipinski definition) is 3. The van der Waals surface area contributed by atoms with Crippen LogP contribution in [-0.2, 0) is 11.2 Å². The van der Waals surface area contributed by atoms with Gasteiger partial charge >= 0.3 is 0 Å². The highest BCUT2D eigenvalue weighted by Crippen LogP contribution is 2.20. The molecule has 3 nitrogen and oxygen atoms in total. The Morgan fingerprint density at radius 1 is 1.14 bits per heavy atom. The third kappa shape index (κ3) is 5.20. The highest BCUT2D eigenvalue weighted by molar-refractivity contribution is 7.99. The molecule has 22 heavy (non-hydrogen) atoms. The Bertz CT molecular complexity index is 584. The van der Waals surface area contributed by atoms with Gasteiger partial charge in [-0.1, -0.05) is 37.3 Å². The number of hydrogen-bond donors (Lipinski definition) is 2. The molecule has 2 aromatic carbocycles. The van der Waals surface area contributed by atoms with Crippen LogP contribution in [-0.4, -0.2) is 17.7 Å². The quantitative estimate of drug-likeness (QED) is 0.766. The van der Waals surface area contributed by atoms with E-state index in [-0.39, 0.29) is 5.91 Å². The fourth-order valence-corrected chi connectivity index (χ4v) is 2.95. The highest BCUT2D eigenvalue weighted by Gasteiger charge is 2.13. The van der Waals surface area contributed by atoms with E-state index in [0.29, 0.717) is 6.42 Å². The second-order valence-corrected chi connectivity index (χ2v) is 6.26. The molecule has 0 radical (unpaired) electrons. The van der Waals surface area contributed by atoms with Crippen molar-refractivity contribution in [1.82, 2.24) is 0 Å². The summed E-state index contributed by atoms with van der Waals surface area (Å²) in [6.45, 7) is 2.15. The average Bonchev–Trinajstić information content (AvgIpc) is 2.56. The normalized spacial score (nSPS) is 11.9. The lowest BCUT2D eigenvalue weighted by Crippen LogP contribution is -2.36. The van der Waals surface area contributed by atoms with Crippen molar-refractivity contribution in [2.24, 2.45) is 5.73 Å². The Morgan fingerprint density at radius 2 is 1.82 bits per heavy atom. The summed E-state index contributed by atoms with van der Waals surface area (Å²) in [5, 5.41) is 2.83. The van der Waals surface area contributed by atoms with Crippen LogP contribution < -0.4 is 11.1 Å². The van der Waals surface area contributed by atoms with Gasteiger partial charge < -0.3 is 11.1 Å². The second-order valence-electron chi connectivity index (χ2n) is 5.10. The summed E-state index contributed by atoms with van der Waals surface area (Å²) in [6.07, 6.45) is 1.70. The number of nitrogens with two attached hydrogens (primary N) is 1. The van der Waals surface area contributed by atoms with Gasteiger partial charge in [-0.05, 0) is 48.4 Å². The molecule has 2 aromatic rings. The fraction of sp³-hybridized carbons (Fsp3) is 0.278. The number of rotatable bonds is 7. The van der Waals surface area contributed by atoms with E-state index in [1.54, 1.807) is 11.8 Å². The molecule has 2 rings (SSSR count). The van der Waals surface area contributed by atoms with E-state index in [1.165, 1.54) is 10.5 Å².